The number of hydrogen-bond donors (Lipinski definition) is 1. The van der Waals surface area contributed by atoms with Gasteiger partial charge < -0.3 is 5.48 Å². The number of rotatable bonds is 1. The molecule has 22 heavy (non-hydrogen) atoms. The van der Waals surface area contributed by atoms with E-state index in [1.54, 1.807) is 18.2 Å². The predicted molar refractivity (Wildman–Crippen MR) is 80.3 cm³/mol. The van der Waals surface area contributed by atoms with Crippen molar-refractivity contribution in [2.45, 2.75) is 4.90 Å². The van der Waals surface area contributed by atoms with Crippen molar-refractivity contribution in [2.75, 3.05) is 0 Å². The van der Waals surface area contributed by atoms with E-state index in [1.165, 1.54) is 12.1 Å². The first-order valence-corrected chi connectivity index (χ1v) is 7.13. The van der Waals surface area contributed by atoms with E-state index >= 15 is 0 Å². The molecule has 2 aromatic carbocycles. The van der Waals surface area contributed by atoms with Crippen LogP contribution in [0.3, 0.4) is 0 Å². The zero-order valence-corrected chi connectivity index (χ0v) is 11.3. The summed E-state index contributed by atoms with van der Waals surface area (Å²) in [5, 5.41) is 0. The average molecular weight is 330 g/mol. The second kappa shape index (κ2) is 6.41. The molecule has 0 saturated carbocycles. The number of carbonyl (C=O) groups excluding carboxylic acids is 2. The molecule has 0 amide bonds. The van der Waals surface area contributed by atoms with Gasteiger partial charge in [0.2, 0.25) is 0 Å². The third-order valence-electron chi connectivity index (χ3n) is 3.19. The third-order valence-corrected chi connectivity index (χ3v) is 4.04. The van der Waals surface area contributed by atoms with Crippen LogP contribution in [0, 0.1) is 0 Å². The van der Waals surface area contributed by atoms with Gasteiger partial charge in [-0.2, -0.15) is 8.42 Å². The van der Waals surface area contributed by atoms with Gasteiger partial charge in [0.05, 0.1) is 4.90 Å². The standard InChI is InChI=1S/C14H8O5S.Na.H2O.H/c15-13-9-3-1-2-4-10(9)14(16)12-7-8(20(17,18)19)5-6-11(12)13;;;/h1-7H,(H,17,18,19);;1H2;. The molecule has 0 unspecified atom stereocenters. The van der Waals surface area contributed by atoms with Crippen LogP contribution in [0.25, 0.3) is 0 Å². The van der Waals surface area contributed by atoms with Gasteiger partial charge in [-0.1, -0.05) is 24.3 Å². The Balaban J connectivity index is 0.00000121. The molecule has 3 N–H and O–H groups in total. The molecule has 0 bridgehead atoms. The molecule has 0 radical (unpaired) electrons. The van der Waals surface area contributed by atoms with E-state index in [0.717, 1.165) is 12.1 Å². The van der Waals surface area contributed by atoms with Crippen LogP contribution in [0.15, 0.2) is 47.4 Å². The van der Waals surface area contributed by atoms with Gasteiger partial charge in [0.1, 0.15) is 0 Å². The molecule has 110 valence electrons. The molecule has 1 aliphatic carbocycles. The van der Waals surface area contributed by atoms with Gasteiger partial charge in [-0.05, 0) is 18.2 Å². The molecule has 2 aromatic rings. The Hall–Kier alpha value is -1.35. The van der Waals surface area contributed by atoms with E-state index in [0.29, 0.717) is 5.56 Å². The Bertz CT molecular complexity index is 873. The van der Waals surface area contributed by atoms with Crippen molar-refractivity contribution < 1.29 is 28.0 Å². The minimum absolute atomic E-state index is 0. The van der Waals surface area contributed by atoms with Crippen LogP contribution in [0.5, 0.6) is 0 Å². The summed E-state index contributed by atoms with van der Waals surface area (Å²) in [5.74, 6) is -0.766. The van der Waals surface area contributed by atoms with E-state index in [1.807, 2.05) is 0 Å². The van der Waals surface area contributed by atoms with Crippen molar-refractivity contribution in [2.24, 2.45) is 0 Å². The summed E-state index contributed by atoms with van der Waals surface area (Å²) in [7, 11) is -4.42. The topological polar surface area (TPSA) is 120 Å². The van der Waals surface area contributed by atoms with Crippen molar-refractivity contribution in [1.29, 1.82) is 0 Å². The van der Waals surface area contributed by atoms with Crippen molar-refractivity contribution in [1.82, 2.24) is 0 Å². The minimum atomic E-state index is -4.42. The maximum atomic E-state index is 12.3. The maximum absolute atomic E-state index is 12.3. The van der Waals surface area contributed by atoms with Crippen LogP contribution < -0.4 is 0 Å². The van der Waals surface area contributed by atoms with E-state index in [4.69, 9.17) is 4.55 Å². The summed E-state index contributed by atoms with van der Waals surface area (Å²) in [5.41, 5.74) is 0.659. The van der Waals surface area contributed by atoms with Crippen LogP contribution in [-0.4, -0.2) is 59.6 Å². The fourth-order valence-corrected chi connectivity index (χ4v) is 2.75. The van der Waals surface area contributed by atoms with Crippen LogP contribution in [-0.2, 0) is 10.1 Å². The van der Waals surface area contributed by atoms with Crippen molar-refractivity contribution in [3.05, 3.63) is 64.7 Å². The summed E-state index contributed by atoms with van der Waals surface area (Å²) >= 11 is 0. The molecular formula is C14H11NaO6S. The Morgan fingerprint density at radius 2 is 1.23 bits per heavy atom. The number of hydrogen-bond acceptors (Lipinski definition) is 4. The van der Waals surface area contributed by atoms with E-state index in [9.17, 15) is 18.0 Å². The van der Waals surface area contributed by atoms with Gasteiger partial charge in [-0.25, -0.2) is 0 Å². The van der Waals surface area contributed by atoms with Gasteiger partial charge in [0.15, 0.2) is 11.6 Å². The fourth-order valence-electron chi connectivity index (χ4n) is 2.24. The molecule has 0 aromatic heterocycles. The monoisotopic (exact) mass is 330 g/mol. The fraction of sp³-hybridized carbons (Fsp3) is 0. The predicted octanol–water partition coefficient (Wildman–Crippen LogP) is 0.236. The van der Waals surface area contributed by atoms with Crippen molar-refractivity contribution in [3.63, 3.8) is 0 Å². The summed E-state index contributed by atoms with van der Waals surface area (Å²) < 4.78 is 31.2. The molecule has 0 spiro atoms. The Kier molecular flexibility index (Phi) is 5.45. The molecule has 6 nitrogen and oxygen atoms in total. The van der Waals surface area contributed by atoms with E-state index < -0.39 is 20.8 Å². The molecule has 1 aliphatic rings. The van der Waals surface area contributed by atoms with Crippen LogP contribution in [0.1, 0.15) is 31.8 Å². The van der Waals surface area contributed by atoms with Crippen LogP contribution in [0.2, 0.25) is 0 Å². The average Bonchev–Trinajstić information content (AvgIpc) is 2.43. The molecule has 8 heteroatoms. The molecule has 0 fully saturated rings. The van der Waals surface area contributed by atoms with Gasteiger partial charge in [-0.3, -0.25) is 14.1 Å². The first-order valence-electron chi connectivity index (χ1n) is 5.69. The molecule has 3 rings (SSSR count). The van der Waals surface area contributed by atoms with Gasteiger partial charge in [0, 0.05) is 22.3 Å². The molecule has 0 saturated heterocycles. The van der Waals surface area contributed by atoms with Gasteiger partial charge in [0.25, 0.3) is 10.1 Å². The second-order valence-electron chi connectivity index (χ2n) is 4.39. The molecule has 0 atom stereocenters. The molecule has 0 aliphatic heterocycles. The first-order chi connectivity index (χ1) is 9.39. The zero-order valence-electron chi connectivity index (χ0n) is 10.5. The van der Waals surface area contributed by atoms with Crippen LogP contribution >= 0.6 is 0 Å². The molecular weight excluding hydrogens is 319 g/mol. The van der Waals surface area contributed by atoms with Gasteiger partial charge in [-0.15, -0.1) is 0 Å². The van der Waals surface area contributed by atoms with Gasteiger partial charge >= 0.3 is 29.6 Å². The number of fused-ring (bicyclic) bond motifs is 2. The van der Waals surface area contributed by atoms with Crippen molar-refractivity contribution in [3.8, 4) is 0 Å². The third kappa shape index (κ3) is 2.91. The summed E-state index contributed by atoms with van der Waals surface area (Å²) in [6.07, 6.45) is 0. The van der Waals surface area contributed by atoms with Crippen molar-refractivity contribution >= 4 is 51.2 Å². The van der Waals surface area contributed by atoms with E-state index in [-0.39, 0.29) is 57.5 Å². The number of benzene rings is 2. The Morgan fingerprint density at radius 3 is 1.73 bits per heavy atom. The second-order valence-corrected chi connectivity index (χ2v) is 5.81. The molecule has 0 heterocycles. The number of carbonyl (C=O) groups is 2. The zero-order chi connectivity index (χ0) is 14.5. The Morgan fingerprint density at radius 1 is 0.773 bits per heavy atom. The SMILES string of the molecule is O.O=C1c2ccccc2C(=O)c2cc(S(=O)(=O)O)ccc21.[NaH]. The Labute approximate surface area is 148 Å². The summed E-state index contributed by atoms with van der Waals surface area (Å²) in [6, 6.07) is 9.72. The van der Waals surface area contributed by atoms with E-state index in [2.05, 4.69) is 0 Å². The van der Waals surface area contributed by atoms with Crippen LogP contribution in [0.4, 0.5) is 0 Å². The number of ketones is 2. The first kappa shape index (κ1) is 18.7. The summed E-state index contributed by atoms with van der Waals surface area (Å²) in [6.45, 7) is 0. The summed E-state index contributed by atoms with van der Waals surface area (Å²) in [4.78, 5) is 24.1. The quantitative estimate of drug-likeness (QED) is 0.506. The normalized spacial score (nSPS) is 12.6.